The second kappa shape index (κ2) is 9.21. The summed E-state index contributed by atoms with van der Waals surface area (Å²) in [6, 6.07) is 0. The van der Waals surface area contributed by atoms with E-state index in [9.17, 15) is 4.79 Å². The van der Waals surface area contributed by atoms with E-state index in [0.717, 1.165) is 23.3 Å². The number of ether oxygens (including phenoxy) is 1. The van der Waals surface area contributed by atoms with Crippen molar-refractivity contribution in [3.8, 4) is 0 Å². The lowest BCUT2D eigenvalue weighted by Crippen LogP contribution is -2.03. The van der Waals surface area contributed by atoms with Gasteiger partial charge in [-0.05, 0) is 30.6 Å². The topological polar surface area (TPSA) is 26.3 Å². The molecule has 0 spiro atoms. The summed E-state index contributed by atoms with van der Waals surface area (Å²) in [7, 11) is 0. The molecule has 0 heterocycles. The minimum absolute atomic E-state index is 0.374. The molecule has 0 atom stereocenters. The number of esters is 1. The Morgan fingerprint density at radius 2 is 2.30 bits per heavy atom. The molecule has 0 aromatic carbocycles. The predicted molar refractivity (Wildman–Crippen MR) is 87.5 cm³/mol. The van der Waals surface area contributed by atoms with Crippen molar-refractivity contribution in [2.45, 2.75) is 13.3 Å². The van der Waals surface area contributed by atoms with Crippen molar-refractivity contribution >= 4 is 17.7 Å². The van der Waals surface area contributed by atoms with Crippen molar-refractivity contribution in [2.24, 2.45) is 0 Å². The number of hydrogen-bond acceptors (Lipinski definition) is 3. The summed E-state index contributed by atoms with van der Waals surface area (Å²) >= 11 is 1.67. The van der Waals surface area contributed by atoms with E-state index in [-0.39, 0.29) is 5.97 Å². The third kappa shape index (κ3) is 5.93. The van der Waals surface area contributed by atoms with E-state index in [1.807, 2.05) is 19.1 Å². The van der Waals surface area contributed by atoms with Crippen LogP contribution in [0.15, 0.2) is 71.7 Å². The normalized spacial score (nSPS) is 17.1. The number of hydrogen-bond donors (Lipinski definition) is 0. The van der Waals surface area contributed by atoms with Gasteiger partial charge < -0.3 is 4.74 Å². The standard InChI is InChI=1S/C17H20O2S/c1-4-6-7-15-9-11-16(10-8-14(15)3)20-13-12-19-17(18)5-2/h4-7,9-11H,2-3,8,12-13H2,1H3/b6-4-,15-7-. The quantitative estimate of drug-likeness (QED) is 0.413. The molecule has 0 aliphatic heterocycles. The largest absolute Gasteiger partial charge is 0.462 e. The number of rotatable bonds is 6. The summed E-state index contributed by atoms with van der Waals surface area (Å²) in [5.74, 6) is 0.358. The molecule has 0 fully saturated rings. The molecule has 1 aliphatic rings. The first kappa shape index (κ1) is 16.3. The van der Waals surface area contributed by atoms with E-state index >= 15 is 0 Å². The Bertz CT molecular complexity index is 493. The van der Waals surface area contributed by atoms with Crippen LogP contribution in [0.2, 0.25) is 0 Å². The SMILES string of the molecule is C=CC(=O)OCCSC1=CCC(=C)/C(=C\C=C/C)C=C1. The molecule has 0 saturated heterocycles. The Labute approximate surface area is 125 Å². The van der Waals surface area contributed by atoms with E-state index < -0.39 is 0 Å². The fraction of sp³-hybridized carbons (Fsp3) is 0.235. The third-order valence-electron chi connectivity index (χ3n) is 2.62. The van der Waals surface area contributed by atoms with Crippen molar-refractivity contribution in [1.82, 2.24) is 0 Å². The average molecular weight is 288 g/mol. The second-order valence-corrected chi connectivity index (χ2v) is 5.28. The van der Waals surface area contributed by atoms with Gasteiger partial charge in [0.1, 0.15) is 6.61 Å². The Morgan fingerprint density at radius 3 is 3.00 bits per heavy atom. The van der Waals surface area contributed by atoms with E-state index in [4.69, 9.17) is 4.74 Å². The van der Waals surface area contributed by atoms with Crippen LogP contribution in [0.5, 0.6) is 0 Å². The van der Waals surface area contributed by atoms with Crippen molar-refractivity contribution in [1.29, 1.82) is 0 Å². The van der Waals surface area contributed by atoms with Crippen LogP contribution >= 0.6 is 11.8 Å². The summed E-state index contributed by atoms with van der Waals surface area (Å²) in [6.07, 6.45) is 14.4. The molecular formula is C17H20O2S. The van der Waals surface area contributed by atoms with Crippen molar-refractivity contribution in [3.05, 3.63) is 71.7 Å². The van der Waals surface area contributed by atoms with Crippen LogP contribution in [-0.2, 0) is 9.53 Å². The smallest absolute Gasteiger partial charge is 0.330 e. The van der Waals surface area contributed by atoms with Gasteiger partial charge in [0.2, 0.25) is 0 Å². The number of carbonyl (C=O) groups excluding carboxylic acids is 1. The monoisotopic (exact) mass is 288 g/mol. The van der Waals surface area contributed by atoms with Gasteiger partial charge in [-0.25, -0.2) is 4.79 Å². The summed E-state index contributed by atoms with van der Waals surface area (Å²) in [5, 5.41) is 0. The summed E-state index contributed by atoms with van der Waals surface area (Å²) in [6.45, 7) is 9.83. The van der Waals surface area contributed by atoms with E-state index in [0.29, 0.717) is 6.61 Å². The average Bonchev–Trinajstić information content (AvgIpc) is 2.63. The van der Waals surface area contributed by atoms with Crippen LogP contribution in [0.4, 0.5) is 0 Å². The van der Waals surface area contributed by atoms with Gasteiger partial charge in [0.05, 0.1) is 0 Å². The highest BCUT2D eigenvalue weighted by atomic mass is 32.2. The number of carbonyl (C=O) groups is 1. The third-order valence-corrected chi connectivity index (χ3v) is 3.62. The molecule has 0 saturated carbocycles. The van der Waals surface area contributed by atoms with Gasteiger partial charge in [-0.3, -0.25) is 0 Å². The van der Waals surface area contributed by atoms with Gasteiger partial charge in [-0.2, -0.15) is 0 Å². The zero-order valence-corrected chi connectivity index (χ0v) is 12.6. The minimum Gasteiger partial charge on any atom is -0.462 e. The van der Waals surface area contributed by atoms with Crippen LogP contribution in [0.1, 0.15) is 13.3 Å². The molecule has 0 aromatic rings. The highest BCUT2D eigenvalue weighted by Crippen LogP contribution is 2.26. The van der Waals surface area contributed by atoms with Crippen LogP contribution in [0, 0.1) is 0 Å². The van der Waals surface area contributed by atoms with Gasteiger partial charge in [0.15, 0.2) is 0 Å². The zero-order chi connectivity index (χ0) is 14.8. The molecule has 106 valence electrons. The summed E-state index contributed by atoms with van der Waals surface area (Å²) < 4.78 is 4.94. The van der Waals surface area contributed by atoms with Crippen molar-refractivity contribution in [2.75, 3.05) is 12.4 Å². The fourth-order valence-corrected chi connectivity index (χ4v) is 2.31. The van der Waals surface area contributed by atoms with E-state index in [1.54, 1.807) is 11.8 Å². The molecule has 0 unspecified atom stereocenters. The summed E-state index contributed by atoms with van der Waals surface area (Å²) in [4.78, 5) is 12.1. The van der Waals surface area contributed by atoms with Crippen LogP contribution in [0.3, 0.4) is 0 Å². The maximum atomic E-state index is 10.9. The molecule has 0 bridgehead atoms. The molecular weight excluding hydrogens is 268 g/mol. The van der Waals surface area contributed by atoms with Gasteiger partial charge in [-0.1, -0.05) is 43.5 Å². The zero-order valence-electron chi connectivity index (χ0n) is 11.8. The maximum absolute atomic E-state index is 10.9. The van der Waals surface area contributed by atoms with Crippen LogP contribution in [-0.4, -0.2) is 18.3 Å². The Hall–Kier alpha value is -1.74. The molecule has 0 aromatic heterocycles. The van der Waals surface area contributed by atoms with Crippen LogP contribution < -0.4 is 0 Å². The summed E-state index contributed by atoms with van der Waals surface area (Å²) in [5.41, 5.74) is 2.25. The molecule has 0 amide bonds. The Kier molecular flexibility index (Phi) is 7.51. The first-order valence-electron chi connectivity index (χ1n) is 6.48. The van der Waals surface area contributed by atoms with Crippen molar-refractivity contribution in [3.63, 3.8) is 0 Å². The first-order chi connectivity index (χ1) is 9.67. The first-order valence-corrected chi connectivity index (χ1v) is 7.47. The number of allylic oxidation sites excluding steroid dienone is 8. The lowest BCUT2D eigenvalue weighted by atomic mass is 10.1. The highest BCUT2D eigenvalue weighted by molar-refractivity contribution is 8.03. The Balaban J connectivity index is 2.50. The molecule has 3 heteroatoms. The lowest BCUT2D eigenvalue weighted by molar-refractivity contribution is -0.137. The second-order valence-electron chi connectivity index (χ2n) is 4.12. The molecule has 2 nitrogen and oxygen atoms in total. The fourth-order valence-electron chi connectivity index (χ4n) is 1.54. The lowest BCUT2D eigenvalue weighted by Gasteiger charge is -2.02. The van der Waals surface area contributed by atoms with Crippen molar-refractivity contribution < 1.29 is 9.53 Å². The number of thioether (sulfide) groups is 1. The van der Waals surface area contributed by atoms with E-state index in [2.05, 4.69) is 37.5 Å². The molecule has 20 heavy (non-hydrogen) atoms. The molecule has 0 N–H and O–H groups in total. The van der Waals surface area contributed by atoms with Crippen LogP contribution in [0.25, 0.3) is 0 Å². The predicted octanol–water partition coefficient (Wildman–Crippen LogP) is 4.35. The molecule has 0 radical (unpaired) electrons. The highest BCUT2D eigenvalue weighted by Gasteiger charge is 2.04. The maximum Gasteiger partial charge on any atom is 0.330 e. The van der Waals surface area contributed by atoms with E-state index in [1.165, 1.54) is 11.0 Å². The van der Waals surface area contributed by atoms with Gasteiger partial charge in [-0.15, -0.1) is 11.8 Å². The van der Waals surface area contributed by atoms with Gasteiger partial charge >= 0.3 is 5.97 Å². The molecule has 1 aliphatic carbocycles. The van der Waals surface area contributed by atoms with Gasteiger partial charge in [0, 0.05) is 16.7 Å². The molecule has 1 rings (SSSR count). The Morgan fingerprint density at radius 1 is 1.50 bits per heavy atom. The van der Waals surface area contributed by atoms with Gasteiger partial charge in [0.25, 0.3) is 0 Å². The minimum atomic E-state index is -0.374.